The van der Waals surface area contributed by atoms with Crippen molar-refractivity contribution < 1.29 is 31.1 Å². The number of hydrogen-bond acceptors (Lipinski definition) is 4. The van der Waals surface area contributed by atoms with E-state index in [-0.39, 0.29) is 46.1 Å². The van der Waals surface area contributed by atoms with Gasteiger partial charge in [0.05, 0.1) is 22.9 Å². The maximum absolute atomic E-state index is 13.2. The fraction of sp³-hybridized carbons (Fsp3) is 0.278. The van der Waals surface area contributed by atoms with Crippen LogP contribution in [0.1, 0.15) is 24.1 Å². The molecule has 0 unspecified atom stereocenters. The van der Waals surface area contributed by atoms with Crippen molar-refractivity contribution in [2.45, 2.75) is 31.6 Å². The molecule has 0 spiro atoms. The Morgan fingerprint density at radius 1 is 1.00 bits per heavy atom. The number of hydrogen-bond donors (Lipinski definition) is 0. The Bertz CT molecular complexity index is 1010. The van der Waals surface area contributed by atoms with E-state index in [1.54, 1.807) is 0 Å². The number of halogens is 7. The van der Waals surface area contributed by atoms with Gasteiger partial charge in [0.2, 0.25) is 0 Å². The van der Waals surface area contributed by atoms with Crippen LogP contribution in [-0.2, 0) is 12.6 Å². The highest BCUT2D eigenvalue weighted by atomic mass is 35.5. The van der Waals surface area contributed by atoms with E-state index in [1.807, 2.05) is 0 Å². The topological polar surface area (TPSA) is 47.9 Å². The molecular formula is C18H12ClF6N3O. The fourth-order valence-corrected chi connectivity index (χ4v) is 2.79. The van der Waals surface area contributed by atoms with Crippen molar-refractivity contribution in [2.24, 2.45) is 0 Å². The van der Waals surface area contributed by atoms with Crippen molar-refractivity contribution in [3.8, 4) is 11.8 Å². The molecule has 0 aliphatic heterocycles. The molecule has 0 aliphatic carbocycles. The second-order valence-electron chi connectivity index (χ2n) is 6.07. The lowest BCUT2D eigenvalue weighted by atomic mass is 10.0. The number of rotatable bonds is 5. The van der Waals surface area contributed by atoms with Gasteiger partial charge in [-0.2, -0.15) is 26.3 Å². The smallest absolute Gasteiger partial charge is 0.424 e. The van der Waals surface area contributed by atoms with Crippen molar-refractivity contribution >= 4 is 22.5 Å². The van der Waals surface area contributed by atoms with Gasteiger partial charge in [-0.25, -0.2) is 15.0 Å². The van der Waals surface area contributed by atoms with Gasteiger partial charge in [-0.15, -0.1) is 0 Å². The zero-order chi connectivity index (χ0) is 21.2. The number of benzene rings is 1. The second kappa shape index (κ2) is 8.02. The highest BCUT2D eigenvalue weighted by Gasteiger charge is 2.34. The number of nitrogens with zero attached hydrogens (tertiary/aromatic N) is 3. The third-order valence-electron chi connectivity index (χ3n) is 3.87. The molecule has 11 heteroatoms. The van der Waals surface area contributed by atoms with Gasteiger partial charge in [0.25, 0.3) is 0 Å². The molecule has 3 rings (SSSR count). The summed E-state index contributed by atoms with van der Waals surface area (Å²) in [5.74, 6) is 0.0769. The van der Waals surface area contributed by atoms with E-state index < -0.39 is 24.5 Å². The van der Waals surface area contributed by atoms with Crippen LogP contribution in [0.25, 0.3) is 10.9 Å². The maximum Gasteiger partial charge on any atom is 0.433 e. The normalized spacial score (nSPS) is 12.4. The summed E-state index contributed by atoms with van der Waals surface area (Å²) >= 11 is 5.70. The molecule has 2 heterocycles. The van der Waals surface area contributed by atoms with Gasteiger partial charge >= 0.3 is 18.4 Å². The Kier molecular flexibility index (Phi) is 5.83. The summed E-state index contributed by atoms with van der Waals surface area (Å²) < 4.78 is 82.6. The average molecular weight is 436 g/mol. The molecule has 0 N–H and O–H groups in total. The van der Waals surface area contributed by atoms with Crippen molar-refractivity contribution in [2.75, 3.05) is 0 Å². The summed E-state index contributed by atoms with van der Waals surface area (Å²) in [5, 5.41) is 0.417. The Morgan fingerprint density at radius 2 is 1.69 bits per heavy atom. The first-order valence-corrected chi connectivity index (χ1v) is 8.63. The summed E-state index contributed by atoms with van der Waals surface area (Å²) in [4.78, 5) is 11.3. The summed E-state index contributed by atoms with van der Waals surface area (Å²) in [6.45, 7) is 0. The van der Waals surface area contributed by atoms with Crippen LogP contribution in [-0.4, -0.2) is 21.1 Å². The largest absolute Gasteiger partial charge is 0.433 e. The Hall–Kier alpha value is -2.62. The first-order chi connectivity index (χ1) is 13.5. The number of aromatic nitrogens is 3. The summed E-state index contributed by atoms with van der Waals surface area (Å²) in [6.07, 6.45) is -8.38. The van der Waals surface area contributed by atoms with Crippen LogP contribution >= 0.6 is 11.6 Å². The Morgan fingerprint density at radius 3 is 2.31 bits per heavy atom. The van der Waals surface area contributed by atoms with E-state index in [2.05, 4.69) is 15.0 Å². The molecule has 1 aromatic carbocycles. The van der Waals surface area contributed by atoms with E-state index in [1.165, 1.54) is 30.6 Å². The molecule has 4 nitrogen and oxygen atoms in total. The minimum atomic E-state index is -4.75. The van der Waals surface area contributed by atoms with E-state index >= 15 is 0 Å². The molecular weight excluding hydrogens is 424 g/mol. The van der Waals surface area contributed by atoms with Crippen LogP contribution in [0.2, 0.25) is 5.02 Å². The van der Waals surface area contributed by atoms with Crippen LogP contribution < -0.4 is 4.74 Å². The van der Waals surface area contributed by atoms with Crippen molar-refractivity contribution in [3.63, 3.8) is 0 Å². The van der Waals surface area contributed by atoms with Gasteiger partial charge in [-0.3, -0.25) is 0 Å². The second-order valence-corrected chi connectivity index (χ2v) is 6.51. The third-order valence-corrected chi connectivity index (χ3v) is 4.07. The van der Waals surface area contributed by atoms with E-state index in [0.717, 1.165) is 6.07 Å². The third kappa shape index (κ3) is 5.47. The molecule has 0 radical (unpaired) electrons. The van der Waals surface area contributed by atoms with Crippen molar-refractivity contribution in [1.29, 1.82) is 0 Å². The highest BCUT2D eigenvalue weighted by Crippen LogP contribution is 2.36. The molecule has 29 heavy (non-hydrogen) atoms. The van der Waals surface area contributed by atoms with Crippen molar-refractivity contribution in [3.05, 3.63) is 52.9 Å². The fourth-order valence-electron chi connectivity index (χ4n) is 2.69. The zero-order valence-electron chi connectivity index (χ0n) is 14.5. The molecule has 0 aliphatic rings. The van der Waals surface area contributed by atoms with E-state index in [0.29, 0.717) is 0 Å². The van der Waals surface area contributed by atoms with Crippen molar-refractivity contribution in [1.82, 2.24) is 15.0 Å². The van der Waals surface area contributed by atoms with Gasteiger partial charge < -0.3 is 4.74 Å². The molecule has 3 aromatic rings. The summed E-state index contributed by atoms with van der Waals surface area (Å²) in [5.41, 5.74) is -1.21. The number of alkyl halides is 6. The van der Waals surface area contributed by atoms with Crippen LogP contribution in [0, 0.1) is 0 Å². The molecule has 0 amide bonds. The molecule has 0 saturated carbocycles. The van der Waals surface area contributed by atoms with Gasteiger partial charge in [-0.1, -0.05) is 17.7 Å². The van der Waals surface area contributed by atoms with Gasteiger partial charge in [-0.05, 0) is 36.6 Å². The lowest BCUT2D eigenvalue weighted by molar-refractivity contribution is -0.141. The Labute approximate surface area is 165 Å². The lowest BCUT2D eigenvalue weighted by Crippen LogP contribution is -2.11. The molecule has 0 bridgehead atoms. The van der Waals surface area contributed by atoms with Gasteiger partial charge in [0, 0.05) is 11.8 Å². The molecule has 154 valence electrons. The number of fused-ring (bicyclic) bond motifs is 1. The van der Waals surface area contributed by atoms with Crippen LogP contribution in [0.15, 0.2) is 36.7 Å². The predicted molar refractivity (Wildman–Crippen MR) is 92.9 cm³/mol. The lowest BCUT2D eigenvalue weighted by Gasteiger charge is -2.15. The summed E-state index contributed by atoms with van der Waals surface area (Å²) in [6, 6.07) is 4.81. The standard InChI is InChI=1S/C18H12ClF6N3O/c19-11-8-26-16(27-9-11)29-13-5-1-4-12-15(13)10(3-2-6-17(20,21)22)7-14(28-12)18(23,24)25/h1,4-5,7-9H,2-3,6H2. The zero-order valence-corrected chi connectivity index (χ0v) is 15.2. The van der Waals surface area contributed by atoms with Gasteiger partial charge in [0.15, 0.2) is 0 Å². The number of ether oxygens (including phenoxy) is 1. The number of aryl methyl sites for hydroxylation is 1. The van der Waals surface area contributed by atoms with Crippen LogP contribution in [0.3, 0.4) is 0 Å². The minimum absolute atomic E-state index is 0.0381. The summed E-state index contributed by atoms with van der Waals surface area (Å²) in [7, 11) is 0. The Balaban J connectivity index is 2.06. The predicted octanol–water partition coefficient (Wildman–Crippen LogP) is 6.37. The van der Waals surface area contributed by atoms with Crippen LogP contribution in [0.4, 0.5) is 26.3 Å². The SMILES string of the molecule is FC(F)(F)CCCc1cc(C(F)(F)F)nc2cccc(Oc3ncc(Cl)cn3)c12. The molecule has 0 fully saturated rings. The maximum atomic E-state index is 13.2. The monoisotopic (exact) mass is 435 g/mol. The first kappa shape index (κ1) is 21.1. The minimum Gasteiger partial charge on any atom is -0.424 e. The molecule has 2 aromatic heterocycles. The first-order valence-electron chi connectivity index (χ1n) is 8.25. The van der Waals surface area contributed by atoms with E-state index in [4.69, 9.17) is 16.3 Å². The quantitative estimate of drug-likeness (QED) is 0.437. The van der Waals surface area contributed by atoms with Crippen LogP contribution in [0.5, 0.6) is 11.8 Å². The highest BCUT2D eigenvalue weighted by molar-refractivity contribution is 6.30. The molecule has 0 atom stereocenters. The van der Waals surface area contributed by atoms with Gasteiger partial charge in [0.1, 0.15) is 11.4 Å². The molecule has 0 saturated heterocycles. The average Bonchev–Trinajstić information content (AvgIpc) is 2.61. The van der Waals surface area contributed by atoms with E-state index in [9.17, 15) is 26.3 Å². The number of pyridine rings is 1.